The third kappa shape index (κ3) is 2.08. The van der Waals surface area contributed by atoms with Gasteiger partial charge in [0.15, 0.2) is 0 Å². The molecule has 0 aliphatic heterocycles. The zero-order chi connectivity index (χ0) is 11.4. The second-order valence-electron chi connectivity index (χ2n) is 3.78. The molecular weight excluding hydrogens is 200 g/mol. The minimum absolute atomic E-state index is 0.742. The summed E-state index contributed by atoms with van der Waals surface area (Å²) in [5.74, 6) is 0.889. The molecule has 0 unspecified atom stereocenters. The number of aromatic nitrogens is 1. The van der Waals surface area contributed by atoms with Crippen LogP contribution in [0.1, 0.15) is 19.8 Å². The van der Waals surface area contributed by atoms with E-state index < -0.39 is 0 Å². The van der Waals surface area contributed by atoms with Crippen molar-refractivity contribution in [2.24, 2.45) is 0 Å². The first-order valence-electron chi connectivity index (χ1n) is 5.58. The van der Waals surface area contributed by atoms with E-state index >= 15 is 0 Å². The number of hydrogen-bond acceptors (Lipinski definition) is 3. The molecule has 0 radical (unpaired) electrons. The Morgan fingerprint density at radius 2 is 2.12 bits per heavy atom. The summed E-state index contributed by atoms with van der Waals surface area (Å²) in [4.78, 5) is 4.08. The van der Waals surface area contributed by atoms with Gasteiger partial charge in [-0.15, -0.1) is 0 Å². The molecule has 0 aliphatic rings. The predicted molar refractivity (Wildman–Crippen MR) is 66.6 cm³/mol. The Morgan fingerprint density at radius 1 is 1.25 bits per heavy atom. The van der Waals surface area contributed by atoms with E-state index in [-0.39, 0.29) is 0 Å². The van der Waals surface area contributed by atoms with Crippen LogP contribution in [-0.2, 0) is 0 Å². The lowest BCUT2D eigenvalue weighted by Gasteiger charge is -2.09. The number of nitrogens with two attached hydrogens (primary N) is 1. The number of pyridine rings is 1. The van der Waals surface area contributed by atoms with Gasteiger partial charge in [0.2, 0.25) is 0 Å². The highest BCUT2D eigenvalue weighted by atomic mass is 16.5. The highest BCUT2D eigenvalue weighted by Gasteiger charge is 2.04. The third-order valence-corrected chi connectivity index (χ3v) is 2.57. The minimum Gasteiger partial charge on any atom is -0.493 e. The Balaban J connectivity index is 2.35. The summed E-state index contributed by atoms with van der Waals surface area (Å²) in [5.41, 5.74) is 6.63. The maximum Gasteiger partial charge on any atom is 0.127 e. The molecule has 0 atom stereocenters. The number of unbranched alkanes of at least 4 members (excludes halogenated alkanes) is 1. The normalized spacial score (nSPS) is 10.6. The number of nitrogen functional groups attached to an aromatic ring is 1. The summed E-state index contributed by atoms with van der Waals surface area (Å²) in [7, 11) is 0. The highest BCUT2D eigenvalue weighted by Crippen LogP contribution is 2.29. The van der Waals surface area contributed by atoms with Crippen molar-refractivity contribution in [2.45, 2.75) is 19.8 Å². The van der Waals surface area contributed by atoms with Crippen molar-refractivity contribution in [3.05, 3.63) is 30.6 Å². The number of rotatable bonds is 4. The lowest BCUT2D eigenvalue weighted by molar-refractivity contribution is 0.313. The molecule has 0 fully saturated rings. The van der Waals surface area contributed by atoms with Crippen LogP contribution in [0.3, 0.4) is 0 Å². The number of benzene rings is 1. The fourth-order valence-corrected chi connectivity index (χ4v) is 1.64. The molecule has 16 heavy (non-hydrogen) atoms. The molecule has 0 aliphatic carbocycles. The van der Waals surface area contributed by atoms with Gasteiger partial charge in [0.25, 0.3) is 0 Å². The standard InChI is InChI=1S/C13H16N2O/c1-2-3-8-16-13-5-4-12(14)11-9-15-7-6-10(11)13/h4-7,9H,2-3,8,14H2,1H3. The van der Waals surface area contributed by atoms with E-state index in [9.17, 15) is 0 Å². The lowest BCUT2D eigenvalue weighted by atomic mass is 10.1. The SMILES string of the molecule is CCCCOc1ccc(N)c2cnccc12. The van der Waals surface area contributed by atoms with Gasteiger partial charge in [-0.05, 0) is 24.6 Å². The van der Waals surface area contributed by atoms with Crippen LogP contribution in [-0.4, -0.2) is 11.6 Å². The molecular formula is C13H16N2O. The molecule has 1 aromatic heterocycles. The zero-order valence-electron chi connectivity index (χ0n) is 9.44. The summed E-state index contributed by atoms with van der Waals surface area (Å²) in [5, 5.41) is 1.99. The first-order chi connectivity index (χ1) is 7.83. The van der Waals surface area contributed by atoms with E-state index in [2.05, 4.69) is 11.9 Å². The van der Waals surface area contributed by atoms with Gasteiger partial charge in [0.05, 0.1) is 6.61 Å². The average molecular weight is 216 g/mol. The summed E-state index contributed by atoms with van der Waals surface area (Å²) >= 11 is 0. The van der Waals surface area contributed by atoms with Gasteiger partial charge in [-0.1, -0.05) is 13.3 Å². The Bertz CT molecular complexity index is 482. The van der Waals surface area contributed by atoms with Gasteiger partial charge in [-0.25, -0.2) is 0 Å². The monoisotopic (exact) mass is 216 g/mol. The summed E-state index contributed by atoms with van der Waals surface area (Å²) in [6, 6.07) is 5.73. The van der Waals surface area contributed by atoms with Crippen LogP contribution < -0.4 is 10.5 Å². The van der Waals surface area contributed by atoms with Crippen molar-refractivity contribution in [2.75, 3.05) is 12.3 Å². The molecule has 0 bridgehead atoms. The number of fused-ring (bicyclic) bond motifs is 1. The minimum atomic E-state index is 0.742. The van der Waals surface area contributed by atoms with Gasteiger partial charge in [0.1, 0.15) is 5.75 Å². The van der Waals surface area contributed by atoms with Crippen molar-refractivity contribution in [3.63, 3.8) is 0 Å². The maximum absolute atomic E-state index is 5.88. The number of anilines is 1. The van der Waals surface area contributed by atoms with Crippen molar-refractivity contribution >= 4 is 16.5 Å². The van der Waals surface area contributed by atoms with E-state index in [0.29, 0.717) is 0 Å². The molecule has 2 N–H and O–H groups in total. The summed E-state index contributed by atoms with van der Waals surface area (Å²) in [6.45, 7) is 2.90. The third-order valence-electron chi connectivity index (χ3n) is 2.57. The van der Waals surface area contributed by atoms with Crippen LogP contribution in [0, 0.1) is 0 Å². The van der Waals surface area contributed by atoms with E-state index in [1.165, 1.54) is 0 Å². The smallest absolute Gasteiger partial charge is 0.127 e. The topological polar surface area (TPSA) is 48.1 Å². The van der Waals surface area contributed by atoms with E-state index in [4.69, 9.17) is 10.5 Å². The molecule has 3 heteroatoms. The van der Waals surface area contributed by atoms with Crippen LogP contribution in [0.15, 0.2) is 30.6 Å². The van der Waals surface area contributed by atoms with Crippen molar-refractivity contribution in [1.82, 2.24) is 4.98 Å². The van der Waals surface area contributed by atoms with Crippen molar-refractivity contribution in [3.8, 4) is 5.75 Å². The molecule has 0 saturated carbocycles. The van der Waals surface area contributed by atoms with Gasteiger partial charge in [0, 0.05) is 28.9 Å². The van der Waals surface area contributed by atoms with Crippen LogP contribution in [0.5, 0.6) is 5.75 Å². The van der Waals surface area contributed by atoms with Crippen molar-refractivity contribution < 1.29 is 4.74 Å². The quantitative estimate of drug-likeness (QED) is 0.631. The van der Waals surface area contributed by atoms with Gasteiger partial charge in [-0.3, -0.25) is 4.98 Å². The molecule has 84 valence electrons. The summed E-state index contributed by atoms with van der Waals surface area (Å²) in [6.07, 6.45) is 5.73. The van der Waals surface area contributed by atoms with Crippen LogP contribution in [0.25, 0.3) is 10.8 Å². The highest BCUT2D eigenvalue weighted by molar-refractivity contribution is 5.96. The fourth-order valence-electron chi connectivity index (χ4n) is 1.64. The molecule has 3 nitrogen and oxygen atoms in total. The van der Waals surface area contributed by atoms with E-state index in [1.54, 1.807) is 12.4 Å². The van der Waals surface area contributed by atoms with E-state index in [0.717, 1.165) is 41.7 Å². The average Bonchev–Trinajstić information content (AvgIpc) is 2.33. The van der Waals surface area contributed by atoms with Crippen LogP contribution >= 0.6 is 0 Å². The largest absolute Gasteiger partial charge is 0.493 e. The maximum atomic E-state index is 5.88. The first-order valence-corrected chi connectivity index (χ1v) is 5.58. The fraction of sp³-hybridized carbons (Fsp3) is 0.308. The number of nitrogens with zero attached hydrogens (tertiary/aromatic N) is 1. The van der Waals surface area contributed by atoms with Crippen molar-refractivity contribution in [1.29, 1.82) is 0 Å². The molecule has 1 heterocycles. The van der Waals surface area contributed by atoms with Crippen LogP contribution in [0.2, 0.25) is 0 Å². The molecule has 0 saturated heterocycles. The lowest BCUT2D eigenvalue weighted by Crippen LogP contribution is -1.98. The Hall–Kier alpha value is -1.77. The first kappa shape index (κ1) is 10.7. The van der Waals surface area contributed by atoms with Gasteiger partial charge >= 0.3 is 0 Å². The molecule has 2 rings (SSSR count). The molecule has 0 amide bonds. The number of hydrogen-bond donors (Lipinski definition) is 1. The molecule has 0 spiro atoms. The Labute approximate surface area is 95.2 Å². The van der Waals surface area contributed by atoms with Crippen LogP contribution in [0.4, 0.5) is 5.69 Å². The number of ether oxygens (including phenoxy) is 1. The van der Waals surface area contributed by atoms with Gasteiger partial charge < -0.3 is 10.5 Å². The molecule has 2 aromatic rings. The molecule has 1 aromatic carbocycles. The second kappa shape index (κ2) is 4.84. The van der Waals surface area contributed by atoms with Gasteiger partial charge in [-0.2, -0.15) is 0 Å². The Kier molecular flexibility index (Phi) is 3.25. The summed E-state index contributed by atoms with van der Waals surface area (Å²) < 4.78 is 5.73. The second-order valence-corrected chi connectivity index (χ2v) is 3.78. The Morgan fingerprint density at radius 3 is 2.94 bits per heavy atom. The predicted octanol–water partition coefficient (Wildman–Crippen LogP) is 3.00. The zero-order valence-corrected chi connectivity index (χ0v) is 9.44. The van der Waals surface area contributed by atoms with E-state index in [1.807, 2.05) is 18.2 Å².